The van der Waals surface area contributed by atoms with Gasteiger partial charge in [-0.1, -0.05) is 0 Å². The van der Waals surface area contributed by atoms with E-state index in [4.69, 9.17) is 56.7 Å². The van der Waals surface area contributed by atoms with Crippen LogP contribution in [0.2, 0.25) is 0 Å². The molecule has 0 radical (unpaired) electrons. The van der Waals surface area contributed by atoms with Gasteiger partial charge in [0.1, 0.15) is 24.7 Å². The van der Waals surface area contributed by atoms with Crippen LogP contribution >= 0.6 is 18.8 Å². The Kier molecular flexibility index (Phi) is 25.0. The number of rotatable bonds is 23. The van der Waals surface area contributed by atoms with Crippen molar-refractivity contribution in [2.45, 2.75) is 13.8 Å². The van der Waals surface area contributed by atoms with E-state index >= 15 is 0 Å². The summed E-state index contributed by atoms with van der Waals surface area (Å²) >= 11 is -0.472. The molecule has 2 heterocycles. The minimum atomic E-state index is -0.472. The molecular formula is C26H40Cl2N2O8Pt. The Labute approximate surface area is 248 Å². The van der Waals surface area contributed by atoms with Crippen LogP contribution in [0.25, 0.3) is 11.4 Å². The number of halogens is 2. The predicted molar refractivity (Wildman–Crippen MR) is 146 cm³/mol. The van der Waals surface area contributed by atoms with Crippen LogP contribution in [-0.4, -0.2) is 102 Å². The molecule has 0 aromatic carbocycles. The number of aromatic nitrogens is 2. The Bertz CT molecular complexity index is 764. The van der Waals surface area contributed by atoms with Crippen molar-refractivity contribution in [3.05, 3.63) is 36.7 Å². The Morgan fingerprint density at radius 1 is 0.538 bits per heavy atom. The molecule has 0 fully saturated rings. The third kappa shape index (κ3) is 20.5. The van der Waals surface area contributed by atoms with Crippen molar-refractivity contribution in [2.75, 3.05) is 92.5 Å². The van der Waals surface area contributed by atoms with E-state index in [1.807, 2.05) is 26.0 Å². The van der Waals surface area contributed by atoms with Crippen LogP contribution in [0.15, 0.2) is 36.7 Å². The van der Waals surface area contributed by atoms with E-state index in [1.165, 1.54) is 0 Å². The van der Waals surface area contributed by atoms with Crippen LogP contribution in [0.3, 0.4) is 0 Å². The molecule has 0 bridgehead atoms. The Morgan fingerprint density at radius 2 is 0.846 bits per heavy atom. The fraction of sp³-hybridized carbons (Fsp3) is 0.615. The number of hydrogen-bond donors (Lipinski definition) is 0. The molecule has 0 aliphatic carbocycles. The van der Waals surface area contributed by atoms with Crippen LogP contribution < -0.4 is 9.47 Å². The van der Waals surface area contributed by atoms with Gasteiger partial charge in [0.25, 0.3) is 0 Å². The Balaban J connectivity index is 0.00000242. The summed E-state index contributed by atoms with van der Waals surface area (Å²) in [5.74, 6) is 1.39. The van der Waals surface area contributed by atoms with Crippen molar-refractivity contribution in [1.29, 1.82) is 0 Å². The van der Waals surface area contributed by atoms with E-state index in [-0.39, 0.29) is 0 Å². The molecular weight excluding hydrogens is 734 g/mol. The first-order valence-electron chi connectivity index (χ1n) is 12.7. The van der Waals surface area contributed by atoms with Crippen molar-refractivity contribution >= 4 is 18.8 Å². The van der Waals surface area contributed by atoms with E-state index in [0.717, 1.165) is 0 Å². The van der Waals surface area contributed by atoms with Crippen molar-refractivity contribution in [1.82, 2.24) is 9.97 Å². The molecule has 0 amide bonds. The van der Waals surface area contributed by atoms with Crippen molar-refractivity contribution in [2.24, 2.45) is 0 Å². The topological polar surface area (TPSA) is 99.6 Å². The molecule has 0 spiro atoms. The second-order valence-corrected chi connectivity index (χ2v) is 10.6. The van der Waals surface area contributed by atoms with Gasteiger partial charge in [-0.05, 0) is 26.0 Å². The van der Waals surface area contributed by atoms with Gasteiger partial charge in [0.2, 0.25) is 0 Å². The van der Waals surface area contributed by atoms with Crippen LogP contribution in [0.4, 0.5) is 0 Å². The van der Waals surface area contributed by atoms with E-state index in [9.17, 15) is 0 Å². The number of hydrogen-bond acceptors (Lipinski definition) is 10. The van der Waals surface area contributed by atoms with Crippen LogP contribution in [0.5, 0.6) is 11.5 Å². The summed E-state index contributed by atoms with van der Waals surface area (Å²) in [6.07, 6.45) is 3.38. The quantitative estimate of drug-likeness (QED) is 0.151. The van der Waals surface area contributed by atoms with Crippen LogP contribution in [0.1, 0.15) is 13.8 Å². The number of pyridine rings is 2. The normalized spacial score (nSPS) is 10.8. The Hall–Kier alpha value is -1.07. The van der Waals surface area contributed by atoms with Gasteiger partial charge < -0.3 is 37.9 Å². The molecule has 2 aromatic heterocycles. The molecule has 0 saturated carbocycles. The zero-order valence-electron chi connectivity index (χ0n) is 22.6. The second-order valence-electron chi connectivity index (χ2n) is 7.34. The maximum absolute atomic E-state index is 5.78. The zero-order chi connectivity index (χ0) is 28.2. The third-order valence-electron chi connectivity index (χ3n) is 4.61. The van der Waals surface area contributed by atoms with Crippen LogP contribution in [-0.2, 0) is 44.9 Å². The standard InChI is InChI=1S/C26H40N2O8.2ClH.Pt/c1-3-29-9-11-31-13-15-33-17-19-35-23-5-7-27-25(21-23)26-22-24(6-8-28-26)36-20-18-34-16-14-32-12-10-30-4-2;;;/h5-8,21-22H,3-4,9-20H2,1-2H3;2*1H;/q;;;+2/p-2. The van der Waals surface area contributed by atoms with Crippen molar-refractivity contribution < 1.29 is 54.4 Å². The summed E-state index contributed by atoms with van der Waals surface area (Å²) in [6.45, 7) is 11.6. The first-order valence-corrected chi connectivity index (χ1v) is 18.3. The zero-order valence-corrected chi connectivity index (χ0v) is 26.4. The van der Waals surface area contributed by atoms with E-state index < -0.39 is 16.5 Å². The average molecular weight is 775 g/mol. The molecule has 2 aromatic rings. The summed E-state index contributed by atoms with van der Waals surface area (Å²) in [5.41, 5.74) is 1.39. The second kappa shape index (κ2) is 27.1. The Morgan fingerprint density at radius 3 is 1.18 bits per heavy atom. The summed E-state index contributed by atoms with van der Waals surface area (Å²) in [5, 5.41) is 0. The SMILES string of the molecule is CCOCCOCCOCCOc1ccnc(-c2cc(OCCOCCOCCOCC)ccn2)c1.[Cl][Pt][Cl]. The first kappa shape index (κ1) is 36.0. The van der Waals surface area contributed by atoms with Gasteiger partial charge in [-0.2, -0.15) is 0 Å². The van der Waals surface area contributed by atoms with Gasteiger partial charge in [-0.25, -0.2) is 0 Å². The van der Waals surface area contributed by atoms with Crippen molar-refractivity contribution in [3.63, 3.8) is 0 Å². The predicted octanol–water partition coefficient (Wildman–Crippen LogP) is 4.42. The first-order chi connectivity index (χ1) is 19.2. The monoisotopic (exact) mass is 773 g/mol. The molecule has 0 unspecified atom stereocenters. The van der Waals surface area contributed by atoms with Gasteiger partial charge in [0.15, 0.2) is 0 Å². The van der Waals surface area contributed by atoms with Crippen LogP contribution in [0, 0.1) is 0 Å². The average Bonchev–Trinajstić information content (AvgIpc) is 2.96. The molecule has 10 nitrogen and oxygen atoms in total. The minimum absolute atomic E-state index is 0.427. The third-order valence-corrected chi connectivity index (χ3v) is 4.61. The molecule has 0 N–H and O–H groups in total. The summed E-state index contributed by atoms with van der Waals surface area (Å²) < 4.78 is 43.8. The molecule has 0 atom stereocenters. The molecule has 0 saturated heterocycles. The molecule has 2 rings (SSSR count). The number of nitrogens with zero attached hydrogens (tertiary/aromatic N) is 2. The van der Waals surface area contributed by atoms with Gasteiger partial charge in [-0.15, -0.1) is 0 Å². The molecule has 39 heavy (non-hydrogen) atoms. The van der Waals surface area contributed by atoms with Gasteiger partial charge in [0.05, 0.1) is 77.5 Å². The van der Waals surface area contributed by atoms with Gasteiger partial charge in [-0.3, -0.25) is 9.97 Å². The fourth-order valence-corrected chi connectivity index (χ4v) is 2.89. The molecule has 13 heteroatoms. The van der Waals surface area contributed by atoms with E-state index in [2.05, 4.69) is 9.97 Å². The van der Waals surface area contributed by atoms with E-state index in [1.54, 1.807) is 24.5 Å². The fourth-order valence-electron chi connectivity index (χ4n) is 2.89. The number of ether oxygens (including phenoxy) is 8. The summed E-state index contributed by atoms with van der Waals surface area (Å²) in [6, 6.07) is 7.30. The van der Waals surface area contributed by atoms with Gasteiger partial charge >= 0.3 is 35.3 Å². The molecule has 226 valence electrons. The van der Waals surface area contributed by atoms with E-state index in [0.29, 0.717) is 115 Å². The summed E-state index contributed by atoms with van der Waals surface area (Å²) in [7, 11) is 9.75. The molecule has 0 aliphatic rings. The van der Waals surface area contributed by atoms with Crippen molar-refractivity contribution in [3.8, 4) is 22.9 Å². The van der Waals surface area contributed by atoms with Gasteiger partial charge in [0, 0.05) is 37.7 Å². The maximum atomic E-state index is 5.78. The summed E-state index contributed by atoms with van der Waals surface area (Å²) in [4.78, 5) is 8.81. The molecule has 0 aliphatic heterocycles.